The predicted molar refractivity (Wildman–Crippen MR) is 69.1 cm³/mol. The van der Waals surface area contributed by atoms with Gasteiger partial charge in [0.1, 0.15) is 12.4 Å². The number of aryl methyl sites for hydroxylation is 1. The fourth-order valence-corrected chi connectivity index (χ4v) is 1.60. The lowest BCUT2D eigenvalue weighted by atomic mass is 10.1. The Kier molecular flexibility index (Phi) is 6.91. The maximum absolute atomic E-state index is 12.6. The van der Waals surface area contributed by atoms with Crippen molar-refractivity contribution in [1.29, 1.82) is 0 Å². The number of benzene rings is 1. The normalized spacial score (nSPS) is 13.5. The molecule has 1 N–H and O–H groups in total. The van der Waals surface area contributed by atoms with Crippen LogP contribution in [0.15, 0.2) is 24.3 Å². The van der Waals surface area contributed by atoms with E-state index in [1.54, 1.807) is 19.2 Å². The van der Waals surface area contributed by atoms with Crippen molar-refractivity contribution >= 4 is 0 Å². The van der Waals surface area contributed by atoms with Crippen molar-refractivity contribution in [2.24, 2.45) is 0 Å². The maximum Gasteiger partial charge on any atom is 0.330 e. The Labute approximate surface area is 120 Å². The van der Waals surface area contributed by atoms with E-state index < -0.39 is 31.7 Å². The molecule has 1 aromatic carbocycles. The van der Waals surface area contributed by atoms with Gasteiger partial charge in [0, 0.05) is 0 Å². The first-order valence-corrected chi connectivity index (χ1v) is 6.40. The van der Waals surface area contributed by atoms with E-state index in [0.29, 0.717) is 12.2 Å². The third-order valence-corrected chi connectivity index (χ3v) is 2.85. The summed E-state index contributed by atoms with van der Waals surface area (Å²) < 4.78 is 58.3. The van der Waals surface area contributed by atoms with Gasteiger partial charge in [-0.15, -0.1) is 0 Å². The molecular weight excluding hydrogens is 292 g/mol. The summed E-state index contributed by atoms with van der Waals surface area (Å²) >= 11 is 0. The number of hydrogen-bond acceptors (Lipinski definition) is 3. The first kappa shape index (κ1) is 17.7. The number of methoxy groups -OCH3 is 1. The van der Waals surface area contributed by atoms with Gasteiger partial charge in [-0.3, -0.25) is 0 Å². The Morgan fingerprint density at radius 1 is 1.19 bits per heavy atom. The zero-order valence-corrected chi connectivity index (χ0v) is 11.6. The molecule has 3 nitrogen and oxygen atoms in total. The molecule has 0 saturated heterocycles. The molecule has 0 saturated carbocycles. The third-order valence-electron chi connectivity index (χ3n) is 2.85. The van der Waals surface area contributed by atoms with E-state index in [0.717, 1.165) is 5.56 Å². The monoisotopic (exact) mass is 310 g/mol. The highest BCUT2D eigenvalue weighted by atomic mass is 19.3. The number of rotatable bonds is 9. The van der Waals surface area contributed by atoms with E-state index in [4.69, 9.17) is 4.74 Å². The van der Waals surface area contributed by atoms with Crippen LogP contribution in [0.25, 0.3) is 0 Å². The molecule has 21 heavy (non-hydrogen) atoms. The Morgan fingerprint density at radius 2 is 1.81 bits per heavy atom. The summed E-state index contributed by atoms with van der Waals surface area (Å²) in [5, 5.41) is 9.56. The number of alkyl halides is 4. The van der Waals surface area contributed by atoms with Crippen molar-refractivity contribution in [3.05, 3.63) is 29.8 Å². The molecule has 0 aromatic heterocycles. The Balaban J connectivity index is 2.26. The number of ether oxygens (including phenoxy) is 2. The van der Waals surface area contributed by atoms with E-state index in [1.807, 2.05) is 12.1 Å². The summed E-state index contributed by atoms with van der Waals surface area (Å²) in [5.41, 5.74) is 0.938. The average Bonchev–Trinajstić information content (AvgIpc) is 2.45. The van der Waals surface area contributed by atoms with Crippen LogP contribution in [0.5, 0.6) is 5.75 Å². The molecule has 0 amide bonds. The van der Waals surface area contributed by atoms with Crippen molar-refractivity contribution in [3.63, 3.8) is 0 Å². The minimum absolute atomic E-state index is 0.284. The van der Waals surface area contributed by atoms with Crippen molar-refractivity contribution < 1.29 is 32.1 Å². The highest BCUT2D eigenvalue weighted by Gasteiger charge is 2.41. The van der Waals surface area contributed by atoms with Crippen LogP contribution in [-0.4, -0.2) is 43.9 Å². The zero-order valence-electron chi connectivity index (χ0n) is 11.6. The van der Waals surface area contributed by atoms with Crippen LogP contribution in [0.1, 0.15) is 12.0 Å². The molecule has 0 spiro atoms. The van der Waals surface area contributed by atoms with Crippen LogP contribution in [-0.2, 0) is 11.2 Å². The Hall–Kier alpha value is -1.34. The van der Waals surface area contributed by atoms with E-state index in [9.17, 15) is 22.7 Å². The molecule has 7 heteroatoms. The molecule has 0 radical (unpaired) electrons. The largest absolute Gasteiger partial charge is 0.497 e. The smallest absolute Gasteiger partial charge is 0.330 e. The first-order chi connectivity index (χ1) is 9.85. The van der Waals surface area contributed by atoms with Gasteiger partial charge in [-0.1, -0.05) is 12.1 Å². The van der Waals surface area contributed by atoms with E-state index >= 15 is 0 Å². The van der Waals surface area contributed by atoms with E-state index in [1.165, 1.54) is 0 Å². The minimum atomic E-state index is -4.18. The molecule has 1 unspecified atom stereocenters. The van der Waals surface area contributed by atoms with Gasteiger partial charge < -0.3 is 14.6 Å². The maximum atomic E-state index is 12.6. The predicted octanol–water partition coefficient (Wildman–Crippen LogP) is 2.91. The topological polar surface area (TPSA) is 38.7 Å². The number of hydrogen-bond donors (Lipinski definition) is 1. The second kappa shape index (κ2) is 8.19. The Morgan fingerprint density at radius 3 is 2.33 bits per heavy atom. The summed E-state index contributed by atoms with van der Waals surface area (Å²) in [6.07, 6.45) is -3.96. The van der Waals surface area contributed by atoms with Crippen molar-refractivity contribution in [1.82, 2.24) is 0 Å². The summed E-state index contributed by atoms with van der Waals surface area (Å²) in [7, 11) is 1.55. The lowest BCUT2D eigenvalue weighted by molar-refractivity contribution is -0.170. The summed E-state index contributed by atoms with van der Waals surface area (Å²) in [6.45, 7) is -1.80. The Bertz CT molecular complexity index is 409. The molecule has 120 valence electrons. The number of aliphatic hydroxyl groups is 1. The quantitative estimate of drug-likeness (QED) is 0.713. The molecule has 0 aliphatic heterocycles. The number of aliphatic hydroxyl groups excluding tert-OH is 1. The first-order valence-electron chi connectivity index (χ1n) is 6.40. The van der Waals surface area contributed by atoms with E-state index in [2.05, 4.69) is 4.74 Å². The van der Waals surface area contributed by atoms with Gasteiger partial charge in [0.15, 0.2) is 0 Å². The summed E-state index contributed by atoms with van der Waals surface area (Å²) in [5.74, 6) is -3.48. The molecule has 0 fully saturated rings. The standard InChI is InChI=1S/C14H18F4O3/c1-20-12-6-3-10(4-7-12)2-5-11(19)8-21-9-14(17,18)13(15)16/h3-4,6-7,11,13,19H,2,5,8-9H2,1H3. The molecule has 0 aliphatic carbocycles. The second-order valence-corrected chi connectivity index (χ2v) is 4.62. The van der Waals surface area contributed by atoms with Gasteiger partial charge in [-0.2, -0.15) is 8.78 Å². The lowest BCUT2D eigenvalue weighted by Crippen LogP contribution is -2.33. The third kappa shape index (κ3) is 6.31. The molecule has 1 rings (SSSR count). The average molecular weight is 310 g/mol. The molecule has 1 aromatic rings. The molecular formula is C14H18F4O3. The van der Waals surface area contributed by atoms with Gasteiger partial charge in [0.05, 0.1) is 19.8 Å². The van der Waals surface area contributed by atoms with Crippen LogP contribution in [0.4, 0.5) is 17.6 Å². The van der Waals surface area contributed by atoms with Crippen LogP contribution >= 0.6 is 0 Å². The lowest BCUT2D eigenvalue weighted by Gasteiger charge is -2.17. The van der Waals surface area contributed by atoms with Crippen molar-refractivity contribution in [2.75, 3.05) is 20.3 Å². The zero-order chi connectivity index (χ0) is 15.9. The number of halogens is 4. The molecule has 0 aliphatic rings. The van der Waals surface area contributed by atoms with Crippen LogP contribution in [0.3, 0.4) is 0 Å². The van der Waals surface area contributed by atoms with Gasteiger partial charge in [0.2, 0.25) is 0 Å². The minimum Gasteiger partial charge on any atom is -0.497 e. The van der Waals surface area contributed by atoms with E-state index in [-0.39, 0.29) is 6.42 Å². The molecule has 0 heterocycles. The van der Waals surface area contributed by atoms with Gasteiger partial charge >= 0.3 is 12.3 Å². The molecule has 1 atom stereocenters. The summed E-state index contributed by atoms with van der Waals surface area (Å²) in [6, 6.07) is 7.16. The fraction of sp³-hybridized carbons (Fsp3) is 0.571. The van der Waals surface area contributed by atoms with Crippen molar-refractivity contribution in [2.45, 2.75) is 31.3 Å². The van der Waals surface area contributed by atoms with Crippen LogP contribution < -0.4 is 4.74 Å². The van der Waals surface area contributed by atoms with Gasteiger partial charge in [-0.05, 0) is 30.5 Å². The molecule has 0 bridgehead atoms. The fourth-order valence-electron chi connectivity index (χ4n) is 1.60. The SMILES string of the molecule is COc1ccc(CCC(O)COCC(F)(F)C(F)F)cc1. The van der Waals surface area contributed by atoms with Gasteiger partial charge in [0.25, 0.3) is 0 Å². The van der Waals surface area contributed by atoms with Crippen LogP contribution in [0.2, 0.25) is 0 Å². The van der Waals surface area contributed by atoms with Gasteiger partial charge in [-0.25, -0.2) is 8.78 Å². The van der Waals surface area contributed by atoms with Crippen LogP contribution in [0, 0.1) is 0 Å². The second-order valence-electron chi connectivity index (χ2n) is 4.62. The highest BCUT2D eigenvalue weighted by molar-refractivity contribution is 5.27. The summed E-state index contributed by atoms with van der Waals surface area (Å²) in [4.78, 5) is 0. The van der Waals surface area contributed by atoms with Crippen molar-refractivity contribution in [3.8, 4) is 5.75 Å². The highest BCUT2D eigenvalue weighted by Crippen LogP contribution is 2.23.